The summed E-state index contributed by atoms with van der Waals surface area (Å²) in [4.78, 5) is 23.3. The lowest BCUT2D eigenvalue weighted by molar-refractivity contribution is -0.136. The molecule has 1 heterocycles. The summed E-state index contributed by atoms with van der Waals surface area (Å²) in [5.74, 6) is 0.160. The normalized spacial score (nSPS) is 16.8. The minimum atomic E-state index is -0.180. The van der Waals surface area contributed by atoms with Gasteiger partial charge in [-0.2, -0.15) is 0 Å². The fourth-order valence-corrected chi connectivity index (χ4v) is 1.04. The molecule has 0 unspecified atom stereocenters. The second-order valence-electron chi connectivity index (χ2n) is 3.34. The molecule has 0 aromatic rings. The molecule has 0 atom stereocenters. The highest BCUT2D eigenvalue weighted by Gasteiger charge is 2.22. The average Bonchev–Trinajstić information content (AvgIpc) is 2.28. The molecule has 1 rings (SSSR count). The SMILES string of the molecule is CC(C)CCN1C(=O)C=CC1=O. The summed E-state index contributed by atoms with van der Waals surface area (Å²) in [5.41, 5.74) is 0. The standard InChI is InChI=1S/C9H13NO2/c1-7(2)5-6-10-8(11)3-4-9(10)12/h3-4,7H,5-6H2,1-2H3. The summed E-state index contributed by atoms with van der Waals surface area (Å²) in [5, 5.41) is 0. The molecule has 0 aromatic carbocycles. The molecule has 12 heavy (non-hydrogen) atoms. The van der Waals surface area contributed by atoms with E-state index in [0.717, 1.165) is 6.42 Å². The van der Waals surface area contributed by atoms with Crippen molar-refractivity contribution in [1.29, 1.82) is 0 Å². The Balaban J connectivity index is 2.43. The minimum absolute atomic E-state index is 0.180. The lowest BCUT2D eigenvalue weighted by Crippen LogP contribution is -2.31. The number of amides is 2. The molecule has 0 aromatic heterocycles. The van der Waals surface area contributed by atoms with E-state index in [1.807, 2.05) is 0 Å². The maximum absolute atomic E-state index is 11.0. The average molecular weight is 167 g/mol. The van der Waals surface area contributed by atoms with Gasteiger partial charge < -0.3 is 0 Å². The van der Waals surface area contributed by atoms with Crippen LogP contribution in [0.5, 0.6) is 0 Å². The number of nitrogens with zero attached hydrogens (tertiary/aromatic N) is 1. The fraction of sp³-hybridized carbons (Fsp3) is 0.556. The Morgan fingerprint density at radius 1 is 1.25 bits per heavy atom. The van der Waals surface area contributed by atoms with Crippen LogP contribution in [0.4, 0.5) is 0 Å². The summed E-state index contributed by atoms with van der Waals surface area (Å²) < 4.78 is 0. The first-order valence-electron chi connectivity index (χ1n) is 4.15. The molecule has 3 nitrogen and oxygen atoms in total. The molecule has 0 saturated carbocycles. The summed E-state index contributed by atoms with van der Waals surface area (Å²) in [6.07, 6.45) is 3.52. The van der Waals surface area contributed by atoms with Gasteiger partial charge in [0.05, 0.1) is 0 Å². The molecule has 0 N–H and O–H groups in total. The molecular formula is C9H13NO2. The van der Waals surface area contributed by atoms with Crippen molar-refractivity contribution in [2.45, 2.75) is 20.3 Å². The molecule has 0 spiro atoms. The second-order valence-corrected chi connectivity index (χ2v) is 3.34. The van der Waals surface area contributed by atoms with E-state index in [4.69, 9.17) is 0 Å². The Labute approximate surface area is 72.0 Å². The van der Waals surface area contributed by atoms with Crippen LogP contribution in [-0.2, 0) is 9.59 Å². The monoisotopic (exact) mass is 167 g/mol. The Hall–Kier alpha value is -1.12. The number of imide groups is 1. The van der Waals surface area contributed by atoms with Crippen molar-refractivity contribution in [3.8, 4) is 0 Å². The van der Waals surface area contributed by atoms with Crippen LogP contribution < -0.4 is 0 Å². The van der Waals surface area contributed by atoms with Gasteiger partial charge >= 0.3 is 0 Å². The maximum atomic E-state index is 11.0. The predicted molar refractivity (Wildman–Crippen MR) is 45.3 cm³/mol. The summed E-state index contributed by atoms with van der Waals surface area (Å²) in [7, 11) is 0. The minimum Gasteiger partial charge on any atom is -0.275 e. The molecule has 1 aliphatic heterocycles. The van der Waals surface area contributed by atoms with Crippen LogP contribution in [0.15, 0.2) is 12.2 Å². The molecule has 1 aliphatic rings. The maximum Gasteiger partial charge on any atom is 0.253 e. The van der Waals surface area contributed by atoms with Crippen molar-refractivity contribution in [2.75, 3.05) is 6.54 Å². The number of carbonyl (C=O) groups is 2. The van der Waals surface area contributed by atoms with Crippen molar-refractivity contribution in [1.82, 2.24) is 4.90 Å². The van der Waals surface area contributed by atoms with E-state index in [9.17, 15) is 9.59 Å². The van der Waals surface area contributed by atoms with Gasteiger partial charge in [-0.05, 0) is 12.3 Å². The van der Waals surface area contributed by atoms with Crippen molar-refractivity contribution in [3.63, 3.8) is 0 Å². The van der Waals surface area contributed by atoms with E-state index in [0.29, 0.717) is 12.5 Å². The van der Waals surface area contributed by atoms with E-state index >= 15 is 0 Å². The van der Waals surface area contributed by atoms with Crippen LogP contribution in [0.25, 0.3) is 0 Å². The second kappa shape index (κ2) is 3.52. The van der Waals surface area contributed by atoms with Crippen LogP contribution in [0.1, 0.15) is 20.3 Å². The van der Waals surface area contributed by atoms with Gasteiger partial charge in [0.25, 0.3) is 11.8 Å². The highest BCUT2D eigenvalue weighted by Crippen LogP contribution is 2.07. The molecule has 0 bridgehead atoms. The third-order valence-corrected chi connectivity index (χ3v) is 1.83. The first kappa shape index (κ1) is 8.97. The fourth-order valence-electron chi connectivity index (χ4n) is 1.04. The largest absolute Gasteiger partial charge is 0.275 e. The first-order valence-corrected chi connectivity index (χ1v) is 4.15. The molecule has 0 fully saturated rings. The van der Waals surface area contributed by atoms with Crippen molar-refractivity contribution >= 4 is 11.8 Å². The van der Waals surface area contributed by atoms with Crippen LogP contribution in [0.2, 0.25) is 0 Å². The van der Waals surface area contributed by atoms with Gasteiger partial charge in [-0.1, -0.05) is 13.8 Å². The van der Waals surface area contributed by atoms with Crippen LogP contribution >= 0.6 is 0 Å². The molecule has 66 valence electrons. The first-order chi connectivity index (χ1) is 5.61. The molecule has 0 radical (unpaired) electrons. The van der Waals surface area contributed by atoms with Gasteiger partial charge in [-0.3, -0.25) is 14.5 Å². The van der Waals surface area contributed by atoms with Crippen molar-refractivity contribution in [2.24, 2.45) is 5.92 Å². The predicted octanol–water partition coefficient (Wildman–Crippen LogP) is 0.958. The van der Waals surface area contributed by atoms with Gasteiger partial charge in [0.2, 0.25) is 0 Å². The Kier molecular flexibility index (Phi) is 2.63. The number of hydrogen-bond acceptors (Lipinski definition) is 2. The Morgan fingerprint density at radius 2 is 1.75 bits per heavy atom. The van der Waals surface area contributed by atoms with E-state index in [1.165, 1.54) is 17.1 Å². The third kappa shape index (κ3) is 1.94. The zero-order valence-electron chi connectivity index (χ0n) is 7.41. The highest BCUT2D eigenvalue weighted by atomic mass is 16.2. The van der Waals surface area contributed by atoms with Gasteiger partial charge in [-0.15, -0.1) is 0 Å². The van der Waals surface area contributed by atoms with E-state index in [-0.39, 0.29) is 11.8 Å². The van der Waals surface area contributed by atoms with Gasteiger partial charge in [0.1, 0.15) is 0 Å². The zero-order valence-corrected chi connectivity index (χ0v) is 7.41. The van der Waals surface area contributed by atoms with Gasteiger partial charge in [0, 0.05) is 18.7 Å². The lowest BCUT2D eigenvalue weighted by Gasteiger charge is -2.14. The van der Waals surface area contributed by atoms with Crippen LogP contribution in [-0.4, -0.2) is 23.3 Å². The van der Waals surface area contributed by atoms with Crippen molar-refractivity contribution in [3.05, 3.63) is 12.2 Å². The van der Waals surface area contributed by atoms with Crippen molar-refractivity contribution < 1.29 is 9.59 Å². The molecule has 3 heteroatoms. The van der Waals surface area contributed by atoms with E-state index in [2.05, 4.69) is 13.8 Å². The summed E-state index contributed by atoms with van der Waals surface area (Å²) in [6.45, 7) is 4.68. The number of carbonyl (C=O) groups excluding carboxylic acids is 2. The van der Waals surface area contributed by atoms with Crippen LogP contribution in [0, 0.1) is 5.92 Å². The molecule has 2 amide bonds. The van der Waals surface area contributed by atoms with Crippen LogP contribution in [0.3, 0.4) is 0 Å². The molecular weight excluding hydrogens is 154 g/mol. The quantitative estimate of drug-likeness (QED) is 0.587. The topological polar surface area (TPSA) is 37.4 Å². The summed E-state index contributed by atoms with van der Waals surface area (Å²) in [6, 6.07) is 0. The van der Waals surface area contributed by atoms with E-state index < -0.39 is 0 Å². The van der Waals surface area contributed by atoms with Gasteiger partial charge in [0.15, 0.2) is 0 Å². The van der Waals surface area contributed by atoms with Gasteiger partial charge in [-0.25, -0.2) is 0 Å². The third-order valence-electron chi connectivity index (χ3n) is 1.83. The molecule has 0 aliphatic carbocycles. The number of rotatable bonds is 3. The molecule has 0 saturated heterocycles. The number of hydrogen-bond donors (Lipinski definition) is 0. The van der Waals surface area contributed by atoms with E-state index in [1.54, 1.807) is 0 Å². The lowest BCUT2D eigenvalue weighted by atomic mass is 10.1. The summed E-state index contributed by atoms with van der Waals surface area (Å²) >= 11 is 0. The zero-order chi connectivity index (χ0) is 9.14. The highest BCUT2D eigenvalue weighted by molar-refractivity contribution is 6.12. The Bertz CT molecular complexity index is 213. The Morgan fingerprint density at radius 3 is 2.17 bits per heavy atom. The smallest absolute Gasteiger partial charge is 0.253 e.